The van der Waals surface area contributed by atoms with E-state index in [0.717, 1.165) is 4.47 Å². The van der Waals surface area contributed by atoms with Crippen molar-refractivity contribution < 1.29 is 9.53 Å². The summed E-state index contributed by atoms with van der Waals surface area (Å²) < 4.78 is 5.45. The van der Waals surface area contributed by atoms with Gasteiger partial charge in [-0.15, -0.1) is 17.0 Å². The molecule has 2 rings (SSSR count). The van der Waals surface area contributed by atoms with Crippen molar-refractivity contribution in [1.82, 2.24) is 4.98 Å². The zero-order chi connectivity index (χ0) is 12.7. The molecule has 0 aliphatic carbocycles. The molecule has 1 heterocycles. The third-order valence-electron chi connectivity index (χ3n) is 1.97. The van der Waals surface area contributed by atoms with Crippen LogP contribution in [-0.2, 0) is 9.53 Å². The molecule has 0 fully saturated rings. The first-order chi connectivity index (χ1) is 8.15. The Labute approximate surface area is 125 Å². The summed E-state index contributed by atoms with van der Waals surface area (Å²) in [4.78, 5) is 13.9. The first kappa shape index (κ1) is 17.1. The molecule has 0 atom stereocenters. The lowest BCUT2D eigenvalue weighted by Gasteiger charge is -1.96. The van der Waals surface area contributed by atoms with E-state index in [1.165, 1.54) is 17.7 Å². The first-order valence-electron chi connectivity index (χ1n) is 5.26. The van der Waals surface area contributed by atoms with Gasteiger partial charge in [0.25, 0.3) is 0 Å². The molecule has 1 aromatic carbocycles. The van der Waals surface area contributed by atoms with Crippen LogP contribution in [0.5, 0.6) is 0 Å². The molecular formula is C13H15Br2NO2. The van der Waals surface area contributed by atoms with Gasteiger partial charge < -0.3 is 4.74 Å². The Kier molecular flexibility index (Phi) is 8.58. The van der Waals surface area contributed by atoms with Crippen LogP contribution >= 0.6 is 32.9 Å². The summed E-state index contributed by atoms with van der Waals surface area (Å²) in [6, 6.07) is 8.15. The Balaban J connectivity index is 0.000000362. The van der Waals surface area contributed by atoms with E-state index in [1.54, 1.807) is 6.92 Å². The van der Waals surface area contributed by atoms with Crippen molar-refractivity contribution in [3.8, 4) is 0 Å². The molecule has 0 radical (unpaired) electrons. The molecule has 0 saturated heterocycles. The minimum atomic E-state index is -0.211. The van der Waals surface area contributed by atoms with Gasteiger partial charge in [-0.25, -0.2) is 0 Å². The summed E-state index contributed by atoms with van der Waals surface area (Å²) in [7, 11) is 0. The minimum Gasteiger partial charge on any atom is -0.466 e. The van der Waals surface area contributed by atoms with Gasteiger partial charge in [0, 0.05) is 29.2 Å². The molecule has 0 saturated carbocycles. The average molecular weight is 377 g/mol. The van der Waals surface area contributed by atoms with Crippen LogP contribution in [0.4, 0.5) is 0 Å². The van der Waals surface area contributed by atoms with Crippen LogP contribution < -0.4 is 0 Å². The van der Waals surface area contributed by atoms with E-state index >= 15 is 0 Å². The number of nitrogens with zero attached hydrogens (tertiary/aromatic N) is 1. The van der Waals surface area contributed by atoms with Crippen LogP contribution in [0.25, 0.3) is 10.8 Å². The summed E-state index contributed by atoms with van der Waals surface area (Å²) in [5.41, 5.74) is 0. The standard InChI is InChI=1S/C9H6BrN.C4H8O2.BrH/c10-9-6-11-5-7-3-1-2-4-8(7)9;1-3-6-4(2)5;/h1-6H;3H2,1-2H3;1H. The molecule has 98 valence electrons. The van der Waals surface area contributed by atoms with Crippen LogP contribution in [0.2, 0.25) is 0 Å². The number of aromatic nitrogens is 1. The molecule has 18 heavy (non-hydrogen) atoms. The Bertz CT molecular complexity index is 498. The van der Waals surface area contributed by atoms with Gasteiger partial charge in [-0.1, -0.05) is 24.3 Å². The van der Waals surface area contributed by atoms with Crippen LogP contribution in [0.15, 0.2) is 41.1 Å². The summed E-state index contributed by atoms with van der Waals surface area (Å²) in [6.45, 7) is 3.65. The number of carbonyl (C=O) groups excluding carboxylic acids is 1. The van der Waals surface area contributed by atoms with E-state index in [9.17, 15) is 4.79 Å². The molecule has 1 aromatic heterocycles. The molecule has 0 aliphatic rings. The number of hydrogen-bond donors (Lipinski definition) is 0. The summed E-state index contributed by atoms with van der Waals surface area (Å²) in [6.07, 6.45) is 3.67. The molecule has 3 nitrogen and oxygen atoms in total. The normalized spacial score (nSPS) is 8.83. The van der Waals surface area contributed by atoms with Gasteiger partial charge >= 0.3 is 5.97 Å². The van der Waals surface area contributed by atoms with Gasteiger partial charge in [0.1, 0.15) is 0 Å². The van der Waals surface area contributed by atoms with Crippen LogP contribution in [-0.4, -0.2) is 17.6 Å². The van der Waals surface area contributed by atoms with E-state index < -0.39 is 0 Å². The van der Waals surface area contributed by atoms with Crippen molar-refractivity contribution in [2.24, 2.45) is 0 Å². The smallest absolute Gasteiger partial charge is 0.302 e. The highest BCUT2D eigenvalue weighted by molar-refractivity contribution is 9.10. The molecule has 5 heteroatoms. The van der Waals surface area contributed by atoms with Crippen molar-refractivity contribution in [1.29, 1.82) is 0 Å². The largest absolute Gasteiger partial charge is 0.466 e. The van der Waals surface area contributed by atoms with Crippen molar-refractivity contribution in [3.63, 3.8) is 0 Å². The molecular weight excluding hydrogens is 362 g/mol. The van der Waals surface area contributed by atoms with Gasteiger partial charge in [0.15, 0.2) is 0 Å². The molecule has 0 aliphatic heterocycles. The fourth-order valence-corrected chi connectivity index (χ4v) is 1.76. The maximum Gasteiger partial charge on any atom is 0.302 e. The van der Waals surface area contributed by atoms with E-state index in [-0.39, 0.29) is 23.0 Å². The van der Waals surface area contributed by atoms with E-state index in [1.807, 2.05) is 30.6 Å². The zero-order valence-electron chi connectivity index (χ0n) is 10.2. The highest BCUT2D eigenvalue weighted by Gasteiger charge is 1.94. The van der Waals surface area contributed by atoms with Gasteiger partial charge in [-0.3, -0.25) is 9.78 Å². The number of ether oxygens (including phenoxy) is 1. The third kappa shape index (κ3) is 5.60. The summed E-state index contributed by atoms with van der Waals surface area (Å²) in [5, 5.41) is 2.38. The van der Waals surface area contributed by atoms with Gasteiger partial charge in [-0.2, -0.15) is 0 Å². The number of fused-ring (bicyclic) bond motifs is 1. The second-order valence-electron chi connectivity index (χ2n) is 3.27. The third-order valence-corrected chi connectivity index (χ3v) is 2.60. The highest BCUT2D eigenvalue weighted by Crippen LogP contribution is 2.21. The van der Waals surface area contributed by atoms with Crippen molar-refractivity contribution in [2.45, 2.75) is 13.8 Å². The predicted octanol–water partition coefficient (Wildman–Crippen LogP) is 4.14. The molecule has 0 spiro atoms. The van der Waals surface area contributed by atoms with Crippen molar-refractivity contribution in [3.05, 3.63) is 41.1 Å². The Morgan fingerprint density at radius 2 is 2.00 bits per heavy atom. The number of pyridine rings is 1. The second kappa shape index (κ2) is 9.05. The maximum absolute atomic E-state index is 9.82. The predicted molar refractivity (Wildman–Crippen MR) is 82.1 cm³/mol. The van der Waals surface area contributed by atoms with E-state index in [0.29, 0.717) is 6.61 Å². The number of rotatable bonds is 1. The first-order valence-corrected chi connectivity index (χ1v) is 6.06. The maximum atomic E-state index is 9.82. The minimum absolute atomic E-state index is 0. The quantitative estimate of drug-likeness (QED) is 0.702. The average Bonchev–Trinajstić information content (AvgIpc) is 2.30. The number of halogens is 2. The monoisotopic (exact) mass is 375 g/mol. The Morgan fingerprint density at radius 3 is 2.50 bits per heavy atom. The van der Waals surface area contributed by atoms with E-state index in [4.69, 9.17) is 0 Å². The van der Waals surface area contributed by atoms with Crippen LogP contribution in [0.3, 0.4) is 0 Å². The number of hydrogen-bond acceptors (Lipinski definition) is 3. The lowest BCUT2D eigenvalue weighted by atomic mass is 10.2. The Morgan fingerprint density at radius 1 is 1.33 bits per heavy atom. The highest BCUT2D eigenvalue weighted by atomic mass is 79.9. The lowest BCUT2D eigenvalue weighted by molar-refractivity contribution is -0.140. The van der Waals surface area contributed by atoms with Crippen molar-refractivity contribution >= 4 is 49.7 Å². The van der Waals surface area contributed by atoms with E-state index in [2.05, 4.69) is 31.7 Å². The van der Waals surface area contributed by atoms with Crippen molar-refractivity contribution in [2.75, 3.05) is 6.61 Å². The molecule has 0 N–H and O–H groups in total. The fraction of sp³-hybridized carbons (Fsp3) is 0.231. The SMILES string of the molecule is Br.Brc1cncc2ccccc12.CCOC(C)=O. The molecule has 0 unspecified atom stereocenters. The molecule has 0 amide bonds. The second-order valence-corrected chi connectivity index (χ2v) is 4.12. The topological polar surface area (TPSA) is 39.2 Å². The summed E-state index contributed by atoms with van der Waals surface area (Å²) >= 11 is 3.43. The number of esters is 1. The fourth-order valence-electron chi connectivity index (χ4n) is 1.28. The molecule has 0 bridgehead atoms. The van der Waals surface area contributed by atoms with Gasteiger partial charge in [0.2, 0.25) is 0 Å². The van der Waals surface area contributed by atoms with Crippen LogP contribution in [0, 0.1) is 0 Å². The number of carbonyl (C=O) groups is 1. The van der Waals surface area contributed by atoms with Crippen LogP contribution in [0.1, 0.15) is 13.8 Å². The Hall–Kier alpha value is -0.940. The lowest BCUT2D eigenvalue weighted by Crippen LogP contribution is -1.95. The van der Waals surface area contributed by atoms with Gasteiger partial charge in [0.05, 0.1) is 6.61 Å². The number of benzene rings is 1. The van der Waals surface area contributed by atoms with Gasteiger partial charge in [-0.05, 0) is 28.2 Å². The summed E-state index contributed by atoms with van der Waals surface area (Å²) in [5.74, 6) is -0.211. The molecule has 2 aromatic rings. The zero-order valence-corrected chi connectivity index (χ0v) is 13.5.